The van der Waals surface area contributed by atoms with E-state index in [4.69, 9.17) is 0 Å². The molecular formula is C19H34O. The maximum atomic E-state index is 10.6. The van der Waals surface area contributed by atoms with Crippen molar-refractivity contribution >= 4 is 6.29 Å². The van der Waals surface area contributed by atoms with Crippen molar-refractivity contribution in [1.29, 1.82) is 0 Å². The molecule has 0 aromatic heterocycles. The molecule has 1 nitrogen and oxygen atoms in total. The van der Waals surface area contributed by atoms with Crippen LogP contribution < -0.4 is 0 Å². The number of unbranched alkanes of at least 4 members (excludes halogenated alkanes) is 2. The minimum absolute atomic E-state index is 0.717. The predicted molar refractivity (Wildman–Crippen MR) is 85.7 cm³/mol. The molecular weight excluding hydrogens is 244 g/mol. The number of rotatable bonds is 7. The highest BCUT2D eigenvalue weighted by molar-refractivity contribution is 5.49. The Kier molecular flexibility index (Phi) is 7.10. The molecule has 0 bridgehead atoms. The van der Waals surface area contributed by atoms with Gasteiger partial charge in [-0.1, -0.05) is 45.4 Å². The van der Waals surface area contributed by atoms with Gasteiger partial charge in [-0.05, 0) is 62.2 Å². The van der Waals surface area contributed by atoms with Crippen LogP contribution in [0.15, 0.2) is 0 Å². The van der Waals surface area contributed by atoms with Crippen molar-refractivity contribution in [3.8, 4) is 0 Å². The van der Waals surface area contributed by atoms with Crippen molar-refractivity contribution in [3.63, 3.8) is 0 Å². The molecule has 0 atom stereocenters. The summed E-state index contributed by atoms with van der Waals surface area (Å²) in [6.45, 7) is 2.30. The van der Waals surface area contributed by atoms with Gasteiger partial charge in [-0.25, -0.2) is 0 Å². The standard InChI is InChI=1S/C19H34O/c1-2-3-4-5-16-6-10-18(11-7-16)19-12-8-17(9-13-19)14-15-20/h15-19H,2-14H2,1H3. The first-order chi connectivity index (χ1) is 9.83. The van der Waals surface area contributed by atoms with Gasteiger partial charge in [0.2, 0.25) is 0 Å². The normalized spacial score (nSPS) is 34.9. The van der Waals surface area contributed by atoms with Crippen molar-refractivity contribution in [3.05, 3.63) is 0 Å². The van der Waals surface area contributed by atoms with Crippen LogP contribution in [0.4, 0.5) is 0 Å². The molecule has 0 radical (unpaired) electrons. The number of aldehydes is 1. The first kappa shape index (κ1) is 16.0. The van der Waals surface area contributed by atoms with Crippen LogP contribution in [0.3, 0.4) is 0 Å². The lowest BCUT2D eigenvalue weighted by atomic mass is 9.68. The van der Waals surface area contributed by atoms with Gasteiger partial charge in [0.05, 0.1) is 0 Å². The Labute approximate surface area is 125 Å². The Balaban J connectivity index is 1.63. The van der Waals surface area contributed by atoms with E-state index in [9.17, 15) is 4.79 Å². The summed E-state index contributed by atoms with van der Waals surface area (Å²) in [4.78, 5) is 10.6. The Morgan fingerprint density at radius 2 is 1.35 bits per heavy atom. The molecule has 2 aliphatic carbocycles. The van der Waals surface area contributed by atoms with Crippen molar-refractivity contribution < 1.29 is 4.79 Å². The van der Waals surface area contributed by atoms with Crippen molar-refractivity contribution in [2.45, 2.75) is 90.4 Å². The molecule has 0 aromatic rings. The molecule has 0 spiro atoms. The summed E-state index contributed by atoms with van der Waals surface area (Å²) in [6, 6.07) is 0. The summed E-state index contributed by atoms with van der Waals surface area (Å²) < 4.78 is 0. The zero-order valence-corrected chi connectivity index (χ0v) is 13.5. The zero-order chi connectivity index (χ0) is 14.2. The van der Waals surface area contributed by atoms with Crippen LogP contribution in [0, 0.1) is 23.7 Å². The second kappa shape index (κ2) is 8.85. The van der Waals surface area contributed by atoms with E-state index >= 15 is 0 Å². The second-order valence-electron chi connectivity index (χ2n) is 7.46. The Bertz CT molecular complexity index is 257. The topological polar surface area (TPSA) is 17.1 Å². The van der Waals surface area contributed by atoms with E-state index in [0.717, 1.165) is 30.5 Å². The molecule has 0 heterocycles. The van der Waals surface area contributed by atoms with Gasteiger partial charge in [0, 0.05) is 6.42 Å². The summed E-state index contributed by atoms with van der Waals surface area (Å²) in [5.74, 6) is 3.78. The molecule has 0 amide bonds. The van der Waals surface area contributed by atoms with E-state index in [2.05, 4.69) is 6.92 Å². The van der Waals surface area contributed by atoms with Crippen LogP contribution in [0.5, 0.6) is 0 Å². The van der Waals surface area contributed by atoms with Gasteiger partial charge in [-0.15, -0.1) is 0 Å². The second-order valence-corrected chi connectivity index (χ2v) is 7.46. The van der Waals surface area contributed by atoms with Crippen LogP contribution in [0.25, 0.3) is 0 Å². The SMILES string of the molecule is CCCCCC1CCC(C2CCC(CC=O)CC2)CC1. The first-order valence-electron chi connectivity index (χ1n) is 9.27. The maximum absolute atomic E-state index is 10.6. The molecule has 0 saturated heterocycles. The van der Waals surface area contributed by atoms with Crippen LogP contribution in [-0.4, -0.2) is 6.29 Å². The molecule has 1 heteroatoms. The smallest absolute Gasteiger partial charge is 0.120 e. The lowest BCUT2D eigenvalue weighted by Gasteiger charge is -2.37. The van der Waals surface area contributed by atoms with Crippen LogP contribution in [0.2, 0.25) is 0 Å². The molecule has 20 heavy (non-hydrogen) atoms. The Morgan fingerprint density at radius 1 is 0.800 bits per heavy atom. The highest BCUT2D eigenvalue weighted by atomic mass is 16.1. The lowest BCUT2D eigenvalue weighted by Crippen LogP contribution is -2.26. The van der Waals surface area contributed by atoms with Gasteiger partial charge in [0.25, 0.3) is 0 Å². The average Bonchev–Trinajstić information content (AvgIpc) is 2.49. The van der Waals surface area contributed by atoms with Gasteiger partial charge >= 0.3 is 0 Å². The molecule has 116 valence electrons. The summed E-state index contributed by atoms with van der Waals surface area (Å²) in [6.07, 6.45) is 19.1. The molecule has 0 aromatic carbocycles. The highest BCUT2D eigenvalue weighted by Crippen LogP contribution is 2.42. The third-order valence-electron chi connectivity index (χ3n) is 6.09. The minimum Gasteiger partial charge on any atom is -0.303 e. The molecule has 0 aliphatic heterocycles. The number of hydrogen-bond donors (Lipinski definition) is 0. The summed E-state index contributed by atoms with van der Waals surface area (Å²) in [7, 11) is 0. The molecule has 2 saturated carbocycles. The highest BCUT2D eigenvalue weighted by Gasteiger charge is 2.30. The van der Waals surface area contributed by atoms with Crippen LogP contribution in [-0.2, 0) is 4.79 Å². The molecule has 2 fully saturated rings. The van der Waals surface area contributed by atoms with Crippen LogP contribution in [0.1, 0.15) is 90.4 Å². The van der Waals surface area contributed by atoms with Crippen LogP contribution >= 0.6 is 0 Å². The van der Waals surface area contributed by atoms with E-state index in [1.165, 1.54) is 77.0 Å². The number of carbonyl (C=O) groups is 1. The zero-order valence-electron chi connectivity index (χ0n) is 13.5. The maximum Gasteiger partial charge on any atom is 0.120 e. The fourth-order valence-corrected chi connectivity index (χ4v) is 4.66. The molecule has 0 N–H and O–H groups in total. The fraction of sp³-hybridized carbons (Fsp3) is 0.947. The largest absolute Gasteiger partial charge is 0.303 e. The number of hydrogen-bond acceptors (Lipinski definition) is 1. The summed E-state index contributed by atoms with van der Waals surface area (Å²) in [5.41, 5.74) is 0. The Hall–Kier alpha value is -0.330. The Morgan fingerprint density at radius 3 is 1.85 bits per heavy atom. The first-order valence-corrected chi connectivity index (χ1v) is 9.27. The third kappa shape index (κ3) is 4.90. The van der Waals surface area contributed by atoms with E-state index in [-0.39, 0.29) is 0 Å². The summed E-state index contributed by atoms with van der Waals surface area (Å²) >= 11 is 0. The van der Waals surface area contributed by atoms with Crippen molar-refractivity contribution in [1.82, 2.24) is 0 Å². The van der Waals surface area contributed by atoms with Gasteiger partial charge in [0.15, 0.2) is 0 Å². The monoisotopic (exact) mass is 278 g/mol. The van der Waals surface area contributed by atoms with E-state index in [1.54, 1.807) is 0 Å². The van der Waals surface area contributed by atoms with Crippen molar-refractivity contribution in [2.24, 2.45) is 23.7 Å². The van der Waals surface area contributed by atoms with E-state index < -0.39 is 0 Å². The molecule has 2 rings (SSSR count). The van der Waals surface area contributed by atoms with E-state index in [0.29, 0.717) is 5.92 Å². The van der Waals surface area contributed by atoms with Gasteiger partial charge in [0.1, 0.15) is 6.29 Å². The average molecular weight is 278 g/mol. The fourth-order valence-electron chi connectivity index (χ4n) is 4.66. The molecule has 0 unspecified atom stereocenters. The predicted octanol–water partition coefficient (Wildman–Crippen LogP) is 5.77. The third-order valence-corrected chi connectivity index (χ3v) is 6.09. The number of carbonyl (C=O) groups excluding carboxylic acids is 1. The van der Waals surface area contributed by atoms with E-state index in [1.807, 2.05) is 0 Å². The molecule has 2 aliphatic rings. The van der Waals surface area contributed by atoms with Gasteiger partial charge < -0.3 is 4.79 Å². The summed E-state index contributed by atoms with van der Waals surface area (Å²) in [5, 5.41) is 0. The van der Waals surface area contributed by atoms with Gasteiger partial charge in [-0.2, -0.15) is 0 Å². The van der Waals surface area contributed by atoms with Gasteiger partial charge in [-0.3, -0.25) is 0 Å². The van der Waals surface area contributed by atoms with Crippen molar-refractivity contribution in [2.75, 3.05) is 0 Å². The minimum atomic E-state index is 0.717. The lowest BCUT2D eigenvalue weighted by molar-refractivity contribution is -0.108. The quantitative estimate of drug-likeness (QED) is 0.427.